The first-order chi connectivity index (χ1) is 7.91. The van der Waals surface area contributed by atoms with Gasteiger partial charge in [0.05, 0.1) is 9.80 Å². The lowest BCUT2D eigenvalue weighted by atomic mass is 10.2. The molecule has 1 aromatic rings. The zero-order valence-electron chi connectivity index (χ0n) is 9.70. The van der Waals surface area contributed by atoms with E-state index in [1.165, 1.54) is 6.07 Å². The Kier molecular flexibility index (Phi) is 3.30. The molecule has 1 aromatic carbocycles. The van der Waals surface area contributed by atoms with Crippen LogP contribution in [0.5, 0.6) is 0 Å². The summed E-state index contributed by atoms with van der Waals surface area (Å²) >= 11 is 5.82. The van der Waals surface area contributed by atoms with Crippen LogP contribution < -0.4 is 5.32 Å². The lowest BCUT2D eigenvalue weighted by Crippen LogP contribution is -2.26. The molecule has 0 amide bonds. The Morgan fingerprint density at radius 2 is 2.06 bits per heavy atom. The van der Waals surface area contributed by atoms with Gasteiger partial charge in [-0.1, -0.05) is 31.5 Å². The van der Waals surface area contributed by atoms with Gasteiger partial charge in [-0.15, -0.1) is 0 Å². The van der Waals surface area contributed by atoms with E-state index in [4.69, 9.17) is 11.6 Å². The molecule has 0 unspecified atom stereocenters. The van der Waals surface area contributed by atoms with Crippen LogP contribution in [-0.4, -0.2) is 21.0 Å². The quantitative estimate of drug-likeness (QED) is 0.919. The second kappa shape index (κ2) is 4.44. The molecule has 0 fully saturated rings. The van der Waals surface area contributed by atoms with E-state index >= 15 is 0 Å². The highest BCUT2D eigenvalue weighted by atomic mass is 35.5. The molecule has 1 aliphatic rings. The molecule has 2 rings (SSSR count). The largest absolute Gasteiger partial charge is 0.310 e. The zero-order valence-corrected chi connectivity index (χ0v) is 11.3. The van der Waals surface area contributed by atoms with Gasteiger partial charge in [-0.25, -0.2) is 8.42 Å². The Morgan fingerprint density at radius 3 is 2.71 bits per heavy atom. The van der Waals surface area contributed by atoms with Gasteiger partial charge >= 0.3 is 0 Å². The summed E-state index contributed by atoms with van der Waals surface area (Å²) in [5.41, 5.74) is 0.718. The van der Waals surface area contributed by atoms with Crippen LogP contribution in [0.4, 0.5) is 0 Å². The van der Waals surface area contributed by atoms with Crippen LogP contribution >= 0.6 is 11.6 Å². The van der Waals surface area contributed by atoms with Crippen molar-refractivity contribution in [2.75, 3.05) is 6.54 Å². The Labute approximate surface area is 106 Å². The number of halogens is 1. The molecule has 1 N–H and O–H groups in total. The third-order valence-corrected chi connectivity index (χ3v) is 4.73. The van der Waals surface area contributed by atoms with Crippen molar-refractivity contribution in [1.29, 1.82) is 0 Å². The van der Waals surface area contributed by atoms with Crippen LogP contribution in [0.15, 0.2) is 28.0 Å². The van der Waals surface area contributed by atoms with E-state index in [0.717, 1.165) is 5.56 Å². The molecule has 92 valence electrons. The molecule has 0 atom stereocenters. The van der Waals surface area contributed by atoms with E-state index in [9.17, 15) is 8.42 Å². The van der Waals surface area contributed by atoms with Crippen LogP contribution in [-0.2, 0) is 9.84 Å². The van der Waals surface area contributed by atoms with Crippen LogP contribution in [0.3, 0.4) is 0 Å². The summed E-state index contributed by atoms with van der Waals surface area (Å²) in [7, 11) is -3.35. The van der Waals surface area contributed by atoms with Crippen molar-refractivity contribution in [3.8, 4) is 0 Å². The summed E-state index contributed by atoms with van der Waals surface area (Å²) in [5, 5.41) is 3.56. The lowest BCUT2D eigenvalue weighted by molar-refractivity contribution is 0.593. The van der Waals surface area contributed by atoms with E-state index in [2.05, 4.69) is 5.32 Å². The average molecular weight is 272 g/mol. The van der Waals surface area contributed by atoms with Crippen molar-refractivity contribution >= 4 is 27.5 Å². The number of hydrogen-bond donors (Lipinski definition) is 1. The molecule has 0 aromatic heterocycles. The van der Waals surface area contributed by atoms with E-state index in [0.29, 0.717) is 21.4 Å². The average Bonchev–Trinajstić information content (AvgIpc) is 2.48. The van der Waals surface area contributed by atoms with Crippen molar-refractivity contribution in [1.82, 2.24) is 5.32 Å². The van der Waals surface area contributed by atoms with Gasteiger partial charge in [0.1, 0.15) is 0 Å². The number of hydrogen-bond acceptors (Lipinski definition) is 3. The number of rotatable bonds is 3. The summed E-state index contributed by atoms with van der Waals surface area (Å²) in [6.07, 6.45) is 1.70. The number of nitrogens with one attached hydrogen (secondary N) is 1. The zero-order chi connectivity index (χ0) is 12.6. The maximum Gasteiger partial charge on any atom is 0.204 e. The predicted octanol–water partition coefficient (Wildman–Crippen LogP) is 2.47. The molecule has 0 saturated carbocycles. The maximum absolute atomic E-state index is 12.2. The highest BCUT2D eigenvalue weighted by Gasteiger charge is 2.29. The van der Waals surface area contributed by atoms with Crippen LogP contribution in [0, 0.1) is 0 Å². The molecule has 1 aliphatic heterocycles. The van der Waals surface area contributed by atoms with Gasteiger partial charge in [0.15, 0.2) is 0 Å². The van der Waals surface area contributed by atoms with Crippen LogP contribution in [0.25, 0.3) is 6.08 Å². The van der Waals surface area contributed by atoms with Crippen molar-refractivity contribution in [2.24, 2.45) is 0 Å². The van der Waals surface area contributed by atoms with Crippen molar-refractivity contribution < 1.29 is 8.42 Å². The van der Waals surface area contributed by atoms with Crippen molar-refractivity contribution in [2.45, 2.75) is 24.8 Å². The minimum absolute atomic E-state index is 0.249. The molecule has 1 heterocycles. The summed E-state index contributed by atoms with van der Waals surface area (Å²) in [4.78, 5) is 0.717. The Hall–Kier alpha value is -0.840. The smallest absolute Gasteiger partial charge is 0.204 e. The van der Waals surface area contributed by atoms with Gasteiger partial charge < -0.3 is 5.32 Å². The molecule has 0 aliphatic carbocycles. The van der Waals surface area contributed by atoms with E-state index in [-0.39, 0.29) is 6.04 Å². The van der Waals surface area contributed by atoms with Gasteiger partial charge in [0.25, 0.3) is 0 Å². The fourth-order valence-electron chi connectivity index (χ4n) is 1.70. The standard InChI is InChI=1S/C12H14ClNO2S/c1-8(2)14-7-11-5-9-3-4-10(13)6-12(9)17(11,15)16/h3-6,8,14H,7H2,1-2H3. The van der Waals surface area contributed by atoms with E-state index < -0.39 is 9.84 Å². The van der Waals surface area contributed by atoms with Gasteiger partial charge in [-0.3, -0.25) is 0 Å². The first-order valence-corrected chi connectivity index (χ1v) is 7.26. The van der Waals surface area contributed by atoms with Gasteiger partial charge in [-0.05, 0) is 23.8 Å². The first-order valence-electron chi connectivity index (χ1n) is 5.40. The van der Waals surface area contributed by atoms with Crippen molar-refractivity contribution in [3.05, 3.63) is 33.7 Å². The third-order valence-electron chi connectivity index (χ3n) is 2.61. The van der Waals surface area contributed by atoms with Gasteiger partial charge in [0.2, 0.25) is 9.84 Å². The molecular weight excluding hydrogens is 258 g/mol. The normalized spacial score (nSPS) is 17.1. The molecule has 5 heteroatoms. The highest BCUT2D eigenvalue weighted by molar-refractivity contribution is 7.95. The minimum Gasteiger partial charge on any atom is -0.310 e. The molecule has 0 spiro atoms. The third kappa shape index (κ3) is 2.39. The van der Waals surface area contributed by atoms with E-state index in [1.54, 1.807) is 18.2 Å². The fraction of sp³-hybridized carbons (Fsp3) is 0.333. The molecule has 17 heavy (non-hydrogen) atoms. The predicted molar refractivity (Wildman–Crippen MR) is 69.8 cm³/mol. The number of fused-ring (bicyclic) bond motifs is 1. The monoisotopic (exact) mass is 271 g/mol. The molecular formula is C12H14ClNO2S. The molecule has 0 radical (unpaired) electrons. The number of benzene rings is 1. The summed E-state index contributed by atoms with van der Waals surface area (Å²) in [6, 6.07) is 5.19. The Balaban J connectivity index is 2.36. The first kappa shape index (κ1) is 12.6. The van der Waals surface area contributed by atoms with Gasteiger partial charge in [0, 0.05) is 17.6 Å². The van der Waals surface area contributed by atoms with Crippen LogP contribution in [0.1, 0.15) is 19.4 Å². The summed E-state index contributed by atoms with van der Waals surface area (Å²) in [6.45, 7) is 4.31. The SMILES string of the molecule is CC(C)NCC1=Cc2ccc(Cl)cc2S1(=O)=O. The van der Waals surface area contributed by atoms with Crippen molar-refractivity contribution in [3.63, 3.8) is 0 Å². The highest BCUT2D eigenvalue weighted by Crippen LogP contribution is 2.34. The molecule has 0 saturated heterocycles. The van der Waals surface area contributed by atoms with E-state index in [1.807, 2.05) is 13.8 Å². The molecule has 0 bridgehead atoms. The Morgan fingerprint density at radius 1 is 1.35 bits per heavy atom. The van der Waals surface area contributed by atoms with Gasteiger partial charge in [-0.2, -0.15) is 0 Å². The summed E-state index contributed by atoms with van der Waals surface area (Å²) in [5.74, 6) is 0. The minimum atomic E-state index is -3.35. The van der Waals surface area contributed by atoms with Crippen LogP contribution in [0.2, 0.25) is 5.02 Å². The molecule has 3 nitrogen and oxygen atoms in total. The lowest BCUT2D eigenvalue weighted by Gasteiger charge is -2.08. The number of sulfone groups is 1. The fourth-order valence-corrected chi connectivity index (χ4v) is 3.50. The summed E-state index contributed by atoms with van der Waals surface area (Å²) < 4.78 is 24.4. The Bertz CT molecular complexity index is 576. The topological polar surface area (TPSA) is 46.2 Å². The maximum atomic E-state index is 12.2. The second-order valence-corrected chi connectivity index (χ2v) is 6.74. The second-order valence-electron chi connectivity index (χ2n) is 4.33.